The molecule has 0 saturated heterocycles. The molecule has 1 aromatic carbocycles. The summed E-state index contributed by atoms with van der Waals surface area (Å²) in [6.07, 6.45) is 0.705. The first-order valence-electron chi connectivity index (χ1n) is 6.28. The van der Waals surface area contributed by atoms with Crippen LogP contribution in [0.5, 0.6) is 5.75 Å². The second kappa shape index (κ2) is 7.02. The highest BCUT2D eigenvalue weighted by molar-refractivity contribution is 7.09. The molecule has 3 N–H and O–H groups in total. The van der Waals surface area contributed by atoms with E-state index in [9.17, 15) is 4.79 Å². The number of nitrogens with one attached hydrogen (secondary N) is 1. The van der Waals surface area contributed by atoms with Crippen LogP contribution in [-0.2, 0) is 13.0 Å². The van der Waals surface area contributed by atoms with E-state index < -0.39 is 0 Å². The van der Waals surface area contributed by atoms with Crippen molar-refractivity contribution < 1.29 is 9.53 Å². The Balaban J connectivity index is 1.90. The fourth-order valence-electron chi connectivity index (χ4n) is 1.67. The Bertz CT molecular complexity index is 566. The van der Waals surface area contributed by atoms with E-state index in [0.29, 0.717) is 25.2 Å². The quantitative estimate of drug-likeness (QED) is 0.847. The molecule has 0 unspecified atom stereocenters. The van der Waals surface area contributed by atoms with Gasteiger partial charge in [-0.3, -0.25) is 4.79 Å². The summed E-state index contributed by atoms with van der Waals surface area (Å²) in [7, 11) is 1.62. The summed E-state index contributed by atoms with van der Waals surface area (Å²) in [5.41, 5.74) is 6.92. The Labute approximate surface area is 121 Å². The van der Waals surface area contributed by atoms with E-state index in [-0.39, 0.29) is 5.91 Å². The predicted octanol–water partition coefficient (Wildman–Crippen LogP) is 1.58. The SMILES string of the molecule is COc1ccc(CNC(=O)c2csc(CCN)n2)cc1. The zero-order valence-corrected chi connectivity index (χ0v) is 12.1. The van der Waals surface area contributed by atoms with Crippen molar-refractivity contribution in [2.75, 3.05) is 13.7 Å². The molecule has 2 rings (SSSR count). The molecule has 1 heterocycles. The average molecular weight is 291 g/mol. The third kappa shape index (κ3) is 3.79. The number of ether oxygens (including phenoxy) is 1. The van der Waals surface area contributed by atoms with Crippen LogP contribution in [0.3, 0.4) is 0 Å². The normalized spacial score (nSPS) is 10.3. The second-order valence-electron chi connectivity index (χ2n) is 4.20. The molecule has 1 aromatic heterocycles. The number of methoxy groups -OCH3 is 1. The van der Waals surface area contributed by atoms with Gasteiger partial charge in [0.05, 0.1) is 12.1 Å². The number of aromatic nitrogens is 1. The topological polar surface area (TPSA) is 77.2 Å². The molecule has 106 valence electrons. The maximum absolute atomic E-state index is 11.9. The molecule has 0 aliphatic rings. The van der Waals surface area contributed by atoms with Crippen molar-refractivity contribution >= 4 is 17.2 Å². The number of nitrogens with two attached hydrogens (primary N) is 1. The van der Waals surface area contributed by atoms with Gasteiger partial charge in [0.1, 0.15) is 11.4 Å². The van der Waals surface area contributed by atoms with Crippen LogP contribution < -0.4 is 15.8 Å². The fraction of sp³-hybridized carbons (Fsp3) is 0.286. The lowest BCUT2D eigenvalue weighted by atomic mass is 10.2. The molecule has 0 atom stereocenters. The number of thiazole rings is 1. The lowest BCUT2D eigenvalue weighted by molar-refractivity contribution is 0.0946. The first kappa shape index (κ1) is 14.5. The van der Waals surface area contributed by atoms with Gasteiger partial charge in [-0.15, -0.1) is 11.3 Å². The highest BCUT2D eigenvalue weighted by atomic mass is 32.1. The predicted molar refractivity (Wildman–Crippen MR) is 79.0 cm³/mol. The second-order valence-corrected chi connectivity index (χ2v) is 5.14. The van der Waals surface area contributed by atoms with Crippen molar-refractivity contribution in [3.8, 4) is 5.75 Å². The monoisotopic (exact) mass is 291 g/mol. The van der Waals surface area contributed by atoms with Gasteiger partial charge < -0.3 is 15.8 Å². The van der Waals surface area contributed by atoms with Gasteiger partial charge >= 0.3 is 0 Å². The summed E-state index contributed by atoms with van der Waals surface area (Å²) in [5.74, 6) is 0.631. The first-order valence-corrected chi connectivity index (χ1v) is 7.16. The molecule has 0 aliphatic carbocycles. The van der Waals surface area contributed by atoms with Crippen LogP contribution in [0.25, 0.3) is 0 Å². The summed E-state index contributed by atoms with van der Waals surface area (Å²) in [4.78, 5) is 16.2. The molecule has 2 aromatic rings. The van der Waals surface area contributed by atoms with Gasteiger partial charge in [-0.25, -0.2) is 4.98 Å². The minimum Gasteiger partial charge on any atom is -0.497 e. The first-order chi connectivity index (χ1) is 9.72. The third-order valence-electron chi connectivity index (χ3n) is 2.75. The largest absolute Gasteiger partial charge is 0.497 e. The number of carbonyl (C=O) groups excluding carboxylic acids is 1. The van der Waals surface area contributed by atoms with E-state index in [2.05, 4.69) is 10.3 Å². The molecule has 6 heteroatoms. The molecular weight excluding hydrogens is 274 g/mol. The van der Waals surface area contributed by atoms with Crippen LogP contribution in [0.4, 0.5) is 0 Å². The van der Waals surface area contributed by atoms with E-state index in [0.717, 1.165) is 16.3 Å². The molecule has 0 radical (unpaired) electrons. The van der Waals surface area contributed by atoms with E-state index in [4.69, 9.17) is 10.5 Å². The number of hydrogen-bond donors (Lipinski definition) is 2. The summed E-state index contributed by atoms with van der Waals surface area (Å²) >= 11 is 1.46. The summed E-state index contributed by atoms with van der Waals surface area (Å²) in [5, 5.41) is 5.49. The lowest BCUT2D eigenvalue weighted by Crippen LogP contribution is -2.23. The van der Waals surface area contributed by atoms with E-state index in [1.807, 2.05) is 24.3 Å². The van der Waals surface area contributed by atoms with Crippen molar-refractivity contribution in [2.24, 2.45) is 5.73 Å². The Morgan fingerprint density at radius 1 is 1.40 bits per heavy atom. The standard InChI is InChI=1S/C14H17N3O2S/c1-19-11-4-2-10(3-5-11)8-16-14(18)12-9-20-13(17-12)6-7-15/h2-5,9H,6-8,15H2,1H3,(H,16,18). The van der Waals surface area contributed by atoms with Crippen molar-refractivity contribution in [3.63, 3.8) is 0 Å². The number of amides is 1. The Kier molecular flexibility index (Phi) is 5.09. The minimum absolute atomic E-state index is 0.166. The number of rotatable bonds is 6. The smallest absolute Gasteiger partial charge is 0.271 e. The van der Waals surface area contributed by atoms with Gasteiger partial charge in [0.25, 0.3) is 5.91 Å². The third-order valence-corrected chi connectivity index (χ3v) is 3.66. The van der Waals surface area contributed by atoms with Crippen molar-refractivity contribution in [3.05, 3.63) is 45.9 Å². The molecule has 0 fully saturated rings. The van der Waals surface area contributed by atoms with Gasteiger partial charge in [0.2, 0.25) is 0 Å². The molecule has 20 heavy (non-hydrogen) atoms. The summed E-state index contributed by atoms with van der Waals surface area (Å²) < 4.78 is 5.08. The fourth-order valence-corrected chi connectivity index (χ4v) is 2.46. The zero-order valence-electron chi connectivity index (χ0n) is 11.3. The highest BCUT2D eigenvalue weighted by Crippen LogP contribution is 2.12. The molecule has 0 spiro atoms. The summed E-state index contributed by atoms with van der Waals surface area (Å²) in [6.45, 7) is 1.01. The maximum Gasteiger partial charge on any atom is 0.271 e. The number of hydrogen-bond acceptors (Lipinski definition) is 5. The molecule has 1 amide bonds. The highest BCUT2D eigenvalue weighted by Gasteiger charge is 2.10. The van der Waals surface area contributed by atoms with Crippen molar-refractivity contribution in [2.45, 2.75) is 13.0 Å². The molecule has 0 saturated carbocycles. The summed E-state index contributed by atoms with van der Waals surface area (Å²) in [6, 6.07) is 7.56. The Morgan fingerprint density at radius 3 is 2.80 bits per heavy atom. The lowest BCUT2D eigenvalue weighted by Gasteiger charge is -2.05. The van der Waals surface area contributed by atoms with Crippen molar-refractivity contribution in [1.29, 1.82) is 0 Å². The number of carbonyl (C=O) groups is 1. The molecular formula is C14H17N3O2S. The van der Waals surface area contributed by atoms with Gasteiger partial charge in [-0.1, -0.05) is 12.1 Å². The zero-order chi connectivity index (χ0) is 14.4. The number of nitrogens with zero attached hydrogens (tertiary/aromatic N) is 1. The van der Waals surface area contributed by atoms with Gasteiger partial charge in [0, 0.05) is 18.3 Å². The molecule has 0 aliphatic heterocycles. The van der Waals surface area contributed by atoms with Crippen LogP contribution in [0.15, 0.2) is 29.6 Å². The van der Waals surface area contributed by atoms with Crippen LogP contribution in [-0.4, -0.2) is 24.5 Å². The van der Waals surface area contributed by atoms with Crippen molar-refractivity contribution in [1.82, 2.24) is 10.3 Å². The Hall–Kier alpha value is -1.92. The van der Waals surface area contributed by atoms with Gasteiger partial charge in [-0.05, 0) is 24.2 Å². The van der Waals surface area contributed by atoms with Gasteiger partial charge in [0.15, 0.2) is 0 Å². The number of benzene rings is 1. The van der Waals surface area contributed by atoms with Crippen LogP contribution in [0.2, 0.25) is 0 Å². The maximum atomic E-state index is 11.9. The van der Waals surface area contributed by atoms with Crippen LogP contribution >= 0.6 is 11.3 Å². The Morgan fingerprint density at radius 2 is 2.15 bits per heavy atom. The van der Waals surface area contributed by atoms with E-state index in [1.54, 1.807) is 12.5 Å². The molecule has 0 bridgehead atoms. The van der Waals surface area contributed by atoms with E-state index >= 15 is 0 Å². The van der Waals surface area contributed by atoms with Crippen LogP contribution in [0, 0.1) is 0 Å². The molecule has 5 nitrogen and oxygen atoms in total. The van der Waals surface area contributed by atoms with Crippen LogP contribution in [0.1, 0.15) is 21.1 Å². The van der Waals surface area contributed by atoms with Gasteiger partial charge in [-0.2, -0.15) is 0 Å². The minimum atomic E-state index is -0.166. The van der Waals surface area contributed by atoms with E-state index in [1.165, 1.54) is 11.3 Å². The average Bonchev–Trinajstić information content (AvgIpc) is 2.94.